The Morgan fingerprint density at radius 1 is 0.850 bits per heavy atom. The van der Waals surface area contributed by atoms with Gasteiger partial charge in [0, 0.05) is 35.1 Å². The summed E-state index contributed by atoms with van der Waals surface area (Å²) in [5, 5.41) is 15.0. The molecule has 306 valence electrons. The van der Waals surface area contributed by atoms with Crippen molar-refractivity contribution in [2.24, 2.45) is 0 Å². The van der Waals surface area contributed by atoms with Crippen LogP contribution in [0, 0.1) is 11.6 Å². The van der Waals surface area contributed by atoms with E-state index >= 15 is 0 Å². The third kappa shape index (κ3) is 8.96. The van der Waals surface area contributed by atoms with Gasteiger partial charge in [0.2, 0.25) is 5.91 Å². The number of rotatable bonds is 16. The largest absolute Gasteiger partial charge is 0.491 e. The van der Waals surface area contributed by atoms with Crippen LogP contribution in [0.25, 0.3) is 44.2 Å². The highest BCUT2D eigenvalue weighted by atomic mass is 35.5. The Morgan fingerprint density at radius 2 is 1.63 bits per heavy atom. The number of carbonyl (C=O) groups is 2. The summed E-state index contributed by atoms with van der Waals surface area (Å²) in [5.74, 6) is -0.708. The van der Waals surface area contributed by atoms with Gasteiger partial charge in [-0.1, -0.05) is 67.1 Å². The van der Waals surface area contributed by atoms with E-state index in [1.54, 1.807) is 12.3 Å². The Balaban J connectivity index is 0.782. The fourth-order valence-corrected chi connectivity index (χ4v) is 7.93. The summed E-state index contributed by atoms with van der Waals surface area (Å²) in [4.78, 5) is 28.3. The van der Waals surface area contributed by atoms with Crippen molar-refractivity contribution in [2.75, 3.05) is 39.6 Å². The van der Waals surface area contributed by atoms with Crippen LogP contribution in [-0.2, 0) is 27.2 Å². The van der Waals surface area contributed by atoms with E-state index in [0.29, 0.717) is 67.6 Å². The van der Waals surface area contributed by atoms with Crippen molar-refractivity contribution in [3.05, 3.63) is 153 Å². The van der Waals surface area contributed by atoms with Gasteiger partial charge in [0.15, 0.2) is 0 Å². The van der Waals surface area contributed by atoms with Gasteiger partial charge >= 0.3 is 0 Å². The molecular formula is C47H42ClF2N5O5. The van der Waals surface area contributed by atoms with Crippen LogP contribution in [0.3, 0.4) is 0 Å². The number of fused-ring (bicyclic) bond motifs is 1. The van der Waals surface area contributed by atoms with Gasteiger partial charge in [-0.15, -0.1) is 0 Å². The summed E-state index contributed by atoms with van der Waals surface area (Å²) < 4.78 is 45.4. The van der Waals surface area contributed by atoms with Crippen molar-refractivity contribution in [3.63, 3.8) is 0 Å². The van der Waals surface area contributed by atoms with E-state index in [1.807, 2.05) is 60.7 Å². The summed E-state index contributed by atoms with van der Waals surface area (Å²) in [6.45, 7) is 3.93. The molecule has 0 atom stereocenters. The highest BCUT2D eigenvalue weighted by Crippen LogP contribution is 2.39. The number of amides is 2. The van der Waals surface area contributed by atoms with Gasteiger partial charge < -0.3 is 29.8 Å². The number of benzene rings is 5. The third-order valence-electron chi connectivity index (χ3n) is 10.5. The van der Waals surface area contributed by atoms with E-state index in [9.17, 15) is 18.4 Å². The Labute approximate surface area is 349 Å². The number of hydrogen-bond acceptors (Lipinski definition) is 6. The topological polar surface area (TPSA) is 130 Å². The Hall–Kier alpha value is -6.34. The first kappa shape index (κ1) is 40.4. The molecule has 0 saturated carbocycles. The van der Waals surface area contributed by atoms with Crippen molar-refractivity contribution in [1.82, 2.24) is 25.8 Å². The summed E-state index contributed by atoms with van der Waals surface area (Å²) in [6.07, 6.45) is 3.07. The highest BCUT2D eigenvalue weighted by molar-refractivity contribution is 6.32. The SMILES string of the molecule is CC/C(=C(/c1ccc(OCCOCCOCC(=O)NCc2ccc(-c3[nH]c4cc(F)cc5c4c3CCNC5=O)cc2)cc1)c1ccc2[nH]ncc2c1)c1ccc(F)cc1Cl. The van der Waals surface area contributed by atoms with E-state index in [2.05, 4.69) is 38.8 Å². The molecule has 0 aliphatic carbocycles. The van der Waals surface area contributed by atoms with Gasteiger partial charge in [-0.05, 0) is 106 Å². The second kappa shape index (κ2) is 18.3. The first-order valence-corrected chi connectivity index (χ1v) is 20.1. The van der Waals surface area contributed by atoms with Gasteiger partial charge in [-0.25, -0.2) is 8.78 Å². The highest BCUT2D eigenvalue weighted by Gasteiger charge is 2.24. The maximum atomic E-state index is 14.3. The molecule has 10 nitrogen and oxygen atoms in total. The van der Waals surface area contributed by atoms with Gasteiger partial charge in [0.1, 0.15) is 30.6 Å². The molecule has 4 N–H and O–H groups in total. The molecule has 0 bridgehead atoms. The van der Waals surface area contributed by atoms with Crippen LogP contribution in [-0.4, -0.2) is 66.6 Å². The fourth-order valence-electron chi connectivity index (χ4n) is 7.65. The number of ether oxygens (including phenoxy) is 3. The van der Waals surface area contributed by atoms with E-state index in [4.69, 9.17) is 25.8 Å². The molecule has 3 heterocycles. The van der Waals surface area contributed by atoms with E-state index in [1.165, 1.54) is 24.3 Å². The number of carbonyl (C=O) groups excluding carboxylic acids is 2. The molecule has 0 saturated heterocycles. The normalized spacial score (nSPS) is 13.0. The summed E-state index contributed by atoms with van der Waals surface area (Å²) in [6, 6.07) is 28.8. The second-order valence-electron chi connectivity index (χ2n) is 14.4. The lowest BCUT2D eigenvalue weighted by Crippen LogP contribution is -2.27. The molecular weight excluding hydrogens is 788 g/mol. The van der Waals surface area contributed by atoms with Gasteiger partial charge in [-0.2, -0.15) is 5.10 Å². The monoisotopic (exact) mass is 829 g/mol. The Kier molecular flexibility index (Phi) is 12.3. The molecule has 8 rings (SSSR count). The molecule has 1 aliphatic heterocycles. The molecule has 2 aromatic heterocycles. The van der Waals surface area contributed by atoms with Crippen LogP contribution >= 0.6 is 11.6 Å². The molecule has 60 heavy (non-hydrogen) atoms. The third-order valence-corrected chi connectivity index (χ3v) is 10.8. The number of aromatic nitrogens is 3. The lowest BCUT2D eigenvalue weighted by Gasteiger charge is -2.18. The minimum Gasteiger partial charge on any atom is -0.491 e. The van der Waals surface area contributed by atoms with Crippen molar-refractivity contribution >= 4 is 56.4 Å². The Bertz CT molecular complexity index is 2710. The molecule has 0 unspecified atom stereocenters. The summed E-state index contributed by atoms with van der Waals surface area (Å²) in [5.41, 5.74) is 10.1. The molecule has 0 spiro atoms. The maximum Gasteiger partial charge on any atom is 0.252 e. The maximum absolute atomic E-state index is 14.3. The zero-order valence-corrected chi connectivity index (χ0v) is 33.6. The number of H-pyrrole nitrogens is 2. The first-order valence-electron chi connectivity index (χ1n) is 19.7. The number of nitrogens with zero attached hydrogens (tertiary/aromatic N) is 1. The number of nitrogens with one attached hydrogen (secondary N) is 4. The zero-order valence-electron chi connectivity index (χ0n) is 32.8. The van der Waals surface area contributed by atoms with Gasteiger partial charge in [0.25, 0.3) is 5.91 Å². The number of aromatic amines is 2. The predicted molar refractivity (Wildman–Crippen MR) is 229 cm³/mol. The van der Waals surface area contributed by atoms with Crippen LogP contribution in [0.2, 0.25) is 5.02 Å². The van der Waals surface area contributed by atoms with Gasteiger partial charge in [-0.3, -0.25) is 14.7 Å². The van der Waals surface area contributed by atoms with E-state index < -0.39 is 5.82 Å². The van der Waals surface area contributed by atoms with Crippen LogP contribution in [0.15, 0.2) is 103 Å². The lowest BCUT2D eigenvalue weighted by atomic mass is 9.87. The van der Waals surface area contributed by atoms with Crippen molar-refractivity contribution < 1.29 is 32.6 Å². The second-order valence-corrected chi connectivity index (χ2v) is 14.8. The molecule has 1 aliphatic rings. The van der Waals surface area contributed by atoms with Crippen LogP contribution in [0.1, 0.15) is 51.5 Å². The first-order chi connectivity index (χ1) is 29.2. The van der Waals surface area contributed by atoms with E-state index in [0.717, 1.165) is 66.5 Å². The molecule has 5 aromatic carbocycles. The van der Waals surface area contributed by atoms with Crippen molar-refractivity contribution in [3.8, 4) is 17.0 Å². The molecule has 13 heteroatoms. The van der Waals surface area contributed by atoms with E-state index in [-0.39, 0.29) is 30.8 Å². The molecule has 2 amide bonds. The minimum absolute atomic E-state index is 0.103. The van der Waals surface area contributed by atoms with Gasteiger partial charge in [0.05, 0.1) is 42.1 Å². The summed E-state index contributed by atoms with van der Waals surface area (Å²) in [7, 11) is 0. The molecule has 0 fully saturated rings. The average Bonchev–Trinajstić information content (AvgIpc) is 3.83. The molecule has 0 radical (unpaired) electrons. The molecule has 7 aromatic rings. The number of halogens is 3. The van der Waals surface area contributed by atoms with Crippen LogP contribution in [0.5, 0.6) is 5.75 Å². The number of hydrogen-bond donors (Lipinski definition) is 4. The lowest BCUT2D eigenvalue weighted by molar-refractivity contribution is -0.126. The zero-order chi connectivity index (χ0) is 41.6. The van der Waals surface area contributed by atoms with Crippen molar-refractivity contribution in [2.45, 2.75) is 26.3 Å². The smallest absolute Gasteiger partial charge is 0.252 e. The fraction of sp³-hybridized carbons (Fsp3) is 0.213. The van der Waals surface area contributed by atoms with Crippen LogP contribution < -0.4 is 15.4 Å². The Morgan fingerprint density at radius 3 is 2.43 bits per heavy atom. The van der Waals surface area contributed by atoms with Crippen LogP contribution in [0.4, 0.5) is 8.78 Å². The summed E-state index contributed by atoms with van der Waals surface area (Å²) >= 11 is 6.57. The average molecular weight is 830 g/mol. The standard InChI is InChI=1S/C47H42ClF2N5O5/c1-2-36(37-13-10-33(49)23-40(37)48)44(31-9-14-41-32(21-31)26-53-55-41)29-7-11-35(12-8-29)60-20-19-58-17-18-59-27-43(56)52-25-28-3-5-30(6-4-28)46-38-15-16-51-47(57)39-22-34(50)24-42(54-46)45(38)39/h3-14,21-24,26,54H,2,15-20,25,27H2,1H3,(H,51,57)(H,52,56)(H,53,55)/b44-36+. The number of allylic oxidation sites excluding steroid dienone is 1. The predicted octanol–water partition coefficient (Wildman–Crippen LogP) is 9.03. The quantitative estimate of drug-likeness (QED) is 0.0569. The minimum atomic E-state index is -0.468. The van der Waals surface area contributed by atoms with Crippen molar-refractivity contribution in [1.29, 1.82) is 0 Å².